The first-order valence-corrected chi connectivity index (χ1v) is 7.08. The fourth-order valence-corrected chi connectivity index (χ4v) is 2.62. The van der Waals surface area contributed by atoms with Crippen LogP contribution in [-0.4, -0.2) is 43.7 Å². The molecule has 0 atom stereocenters. The summed E-state index contributed by atoms with van der Waals surface area (Å²) in [6.07, 6.45) is 0.733. The molecule has 3 nitrogen and oxygen atoms in total. The van der Waals surface area contributed by atoms with Gasteiger partial charge < -0.3 is 10.6 Å². The first kappa shape index (κ1) is 14.3. The predicted octanol–water partition coefficient (Wildman–Crippen LogP) is 1.86. The Balaban J connectivity index is 2.06. The third-order valence-electron chi connectivity index (χ3n) is 3.79. The molecular weight excluding hydrogens is 241 g/mol. The van der Waals surface area contributed by atoms with Crippen molar-refractivity contribution in [3.8, 4) is 0 Å². The van der Waals surface area contributed by atoms with Crippen molar-refractivity contribution in [1.29, 1.82) is 0 Å². The van der Waals surface area contributed by atoms with E-state index in [0.717, 1.165) is 43.9 Å². The Bertz CT molecular complexity index is 412. The largest absolute Gasteiger partial charge is 0.369 e. The maximum Gasteiger partial charge on any atom is 0.125 e. The van der Waals surface area contributed by atoms with E-state index in [-0.39, 0.29) is 5.82 Å². The second-order valence-corrected chi connectivity index (χ2v) is 5.47. The Labute approximate surface area is 115 Å². The molecule has 0 radical (unpaired) electrons. The molecule has 106 valence electrons. The number of hydrogen-bond acceptors (Lipinski definition) is 3. The molecule has 4 heteroatoms. The van der Waals surface area contributed by atoms with Gasteiger partial charge in [0.15, 0.2) is 0 Å². The van der Waals surface area contributed by atoms with Crippen molar-refractivity contribution in [3.63, 3.8) is 0 Å². The zero-order chi connectivity index (χ0) is 13.8. The first-order chi connectivity index (χ1) is 9.10. The highest BCUT2D eigenvalue weighted by Gasteiger charge is 2.19. The quantitative estimate of drug-likeness (QED) is 0.902. The Morgan fingerprint density at radius 2 is 1.84 bits per heavy atom. The van der Waals surface area contributed by atoms with Gasteiger partial charge in [0.05, 0.1) is 0 Å². The molecule has 2 rings (SSSR count). The van der Waals surface area contributed by atoms with Crippen LogP contribution in [0.4, 0.5) is 10.1 Å². The van der Waals surface area contributed by atoms with E-state index in [4.69, 9.17) is 5.73 Å². The molecule has 1 saturated heterocycles. The van der Waals surface area contributed by atoms with Crippen molar-refractivity contribution in [2.45, 2.75) is 26.3 Å². The fraction of sp³-hybridized carbons (Fsp3) is 0.600. The highest BCUT2D eigenvalue weighted by Crippen LogP contribution is 2.21. The van der Waals surface area contributed by atoms with Crippen LogP contribution in [0, 0.1) is 5.82 Å². The summed E-state index contributed by atoms with van der Waals surface area (Å²) >= 11 is 0. The van der Waals surface area contributed by atoms with Gasteiger partial charge in [-0.25, -0.2) is 4.39 Å². The van der Waals surface area contributed by atoms with Crippen LogP contribution in [0.5, 0.6) is 0 Å². The van der Waals surface area contributed by atoms with Gasteiger partial charge in [0.1, 0.15) is 5.82 Å². The second-order valence-electron chi connectivity index (χ2n) is 5.47. The van der Waals surface area contributed by atoms with Gasteiger partial charge in [-0.3, -0.25) is 4.90 Å². The summed E-state index contributed by atoms with van der Waals surface area (Å²) in [4.78, 5) is 4.72. The van der Waals surface area contributed by atoms with Crippen molar-refractivity contribution in [1.82, 2.24) is 4.90 Å². The number of piperazine rings is 1. The van der Waals surface area contributed by atoms with Gasteiger partial charge in [0.2, 0.25) is 0 Å². The second kappa shape index (κ2) is 6.35. The average molecular weight is 265 g/mol. The molecule has 1 aliphatic rings. The molecule has 1 fully saturated rings. The van der Waals surface area contributed by atoms with E-state index >= 15 is 0 Å². The highest BCUT2D eigenvalue weighted by molar-refractivity contribution is 5.49. The van der Waals surface area contributed by atoms with Crippen molar-refractivity contribution in [3.05, 3.63) is 29.6 Å². The SMILES string of the molecule is CC(C)N1CCN(c2cc(F)cc(CCN)c2)CC1. The van der Waals surface area contributed by atoms with E-state index in [0.29, 0.717) is 12.6 Å². The van der Waals surface area contributed by atoms with Gasteiger partial charge in [-0.2, -0.15) is 0 Å². The highest BCUT2D eigenvalue weighted by atomic mass is 19.1. The lowest BCUT2D eigenvalue weighted by atomic mass is 10.1. The molecule has 19 heavy (non-hydrogen) atoms. The molecule has 0 amide bonds. The van der Waals surface area contributed by atoms with Crippen LogP contribution in [0.1, 0.15) is 19.4 Å². The number of anilines is 1. The maximum atomic E-state index is 13.6. The standard InChI is InChI=1S/C15H24FN3/c1-12(2)18-5-7-19(8-6-18)15-10-13(3-4-17)9-14(16)11-15/h9-12H,3-8,17H2,1-2H3. The van der Waals surface area contributed by atoms with Crippen LogP contribution in [0.2, 0.25) is 0 Å². The van der Waals surface area contributed by atoms with Crippen LogP contribution in [0.25, 0.3) is 0 Å². The molecule has 0 unspecified atom stereocenters. The number of nitrogens with two attached hydrogens (primary N) is 1. The normalized spacial score (nSPS) is 17.2. The Morgan fingerprint density at radius 3 is 2.42 bits per heavy atom. The Kier molecular flexibility index (Phi) is 4.77. The molecule has 2 N–H and O–H groups in total. The molecule has 1 heterocycles. The van der Waals surface area contributed by atoms with Crippen molar-refractivity contribution in [2.75, 3.05) is 37.6 Å². The summed E-state index contributed by atoms with van der Waals surface area (Å²) < 4.78 is 13.6. The fourth-order valence-electron chi connectivity index (χ4n) is 2.62. The third-order valence-corrected chi connectivity index (χ3v) is 3.79. The lowest BCUT2D eigenvalue weighted by Gasteiger charge is -2.38. The Morgan fingerprint density at radius 1 is 1.16 bits per heavy atom. The lowest BCUT2D eigenvalue weighted by Crippen LogP contribution is -2.48. The van der Waals surface area contributed by atoms with E-state index < -0.39 is 0 Å². The summed E-state index contributed by atoms with van der Waals surface area (Å²) in [7, 11) is 0. The van der Waals surface area contributed by atoms with Gasteiger partial charge in [0.25, 0.3) is 0 Å². The molecule has 0 bridgehead atoms. The van der Waals surface area contributed by atoms with Crippen LogP contribution in [-0.2, 0) is 6.42 Å². The molecule has 0 spiro atoms. The molecular formula is C15H24FN3. The molecule has 1 aliphatic heterocycles. The summed E-state index contributed by atoms with van der Waals surface area (Å²) in [5.41, 5.74) is 7.53. The van der Waals surface area contributed by atoms with Crippen LogP contribution in [0.15, 0.2) is 18.2 Å². The number of rotatable bonds is 4. The summed E-state index contributed by atoms with van der Waals surface area (Å²) in [5.74, 6) is -0.160. The molecule has 1 aromatic rings. The minimum Gasteiger partial charge on any atom is -0.369 e. The van der Waals surface area contributed by atoms with Gasteiger partial charge >= 0.3 is 0 Å². The number of halogens is 1. The zero-order valence-corrected chi connectivity index (χ0v) is 11.9. The van der Waals surface area contributed by atoms with Gasteiger partial charge in [0, 0.05) is 37.9 Å². The van der Waals surface area contributed by atoms with Crippen LogP contribution >= 0.6 is 0 Å². The van der Waals surface area contributed by atoms with Crippen molar-refractivity contribution in [2.24, 2.45) is 5.73 Å². The molecule has 1 aromatic carbocycles. The van der Waals surface area contributed by atoms with Gasteiger partial charge in [-0.1, -0.05) is 0 Å². The smallest absolute Gasteiger partial charge is 0.125 e. The first-order valence-electron chi connectivity index (χ1n) is 7.08. The Hall–Kier alpha value is -1.13. The summed E-state index contributed by atoms with van der Waals surface area (Å²) in [6.45, 7) is 9.01. The summed E-state index contributed by atoms with van der Waals surface area (Å²) in [6, 6.07) is 5.87. The minimum absolute atomic E-state index is 0.160. The van der Waals surface area contributed by atoms with Crippen LogP contribution < -0.4 is 10.6 Å². The van der Waals surface area contributed by atoms with E-state index in [1.54, 1.807) is 12.1 Å². The monoisotopic (exact) mass is 265 g/mol. The number of benzene rings is 1. The van der Waals surface area contributed by atoms with E-state index in [9.17, 15) is 4.39 Å². The topological polar surface area (TPSA) is 32.5 Å². The van der Waals surface area contributed by atoms with Crippen LogP contribution in [0.3, 0.4) is 0 Å². The van der Waals surface area contributed by atoms with E-state index in [1.807, 2.05) is 0 Å². The van der Waals surface area contributed by atoms with E-state index in [2.05, 4.69) is 29.7 Å². The van der Waals surface area contributed by atoms with Crippen molar-refractivity contribution >= 4 is 5.69 Å². The number of hydrogen-bond donors (Lipinski definition) is 1. The maximum absolute atomic E-state index is 13.6. The average Bonchev–Trinajstić information content (AvgIpc) is 2.38. The molecule has 0 aromatic heterocycles. The van der Waals surface area contributed by atoms with Gasteiger partial charge in [-0.15, -0.1) is 0 Å². The molecule has 0 saturated carbocycles. The van der Waals surface area contributed by atoms with E-state index in [1.165, 1.54) is 0 Å². The van der Waals surface area contributed by atoms with Gasteiger partial charge in [-0.05, 0) is 50.6 Å². The number of nitrogens with zero attached hydrogens (tertiary/aromatic N) is 2. The molecule has 0 aliphatic carbocycles. The lowest BCUT2D eigenvalue weighted by molar-refractivity contribution is 0.209. The zero-order valence-electron chi connectivity index (χ0n) is 11.9. The van der Waals surface area contributed by atoms with Crippen molar-refractivity contribution < 1.29 is 4.39 Å². The predicted molar refractivity (Wildman–Crippen MR) is 78.1 cm³/mol. The minimum atomic E-state index is -0.160. The summed E-state index contributed by atoms with van der Waals surface area (Å²) in [5, 5.41) is 0. The third kappa shape index (κ3) is 3.67.